The monoisotopic (exact) mass is 2310 g/mol. The molecule has 32 nitrogen and oxygen atoms in total. The number of nitrogens with two attached hydrogens (primary N) is 2. The Kier molecular flexibility index (Phi) is 85.3. The number of allylic oxidation sites excluding steroid dienone is 12. The van der Waals surface area contributed by atoms with E-state index in [0.29, 0.717) is 110 Å². The number of carbonyl (C=O) groups is 14. The molecule has 1 saturated heterocycles. The van der Waals surface area contributed by atoms with E-state index in [1.165, 1.54) is 60.1 Å². The van der Waals surface area contributed by atoms with Crippen LogP contribution >= 0.6 is 127 Å². The number of unbranched alkanes of at least 4 members (excludes halogenated alkanes) is 2. The van der Waals surface area contributed by atoms with E-state index in [0.717, 1.165) is 60.8 Å². The molecule has 4 rings (SSSR count). The fourth-order valence-electron chi connectivity index (χ4n) is 12.3. The number of Topliss-reactive ketones (excluding diaryl/α,β-unsaturated/α-hetero) is 2. The highest BCUT2D eigenvalue weighted by molar-refractivity contribution is 8.93. The predicted octanol–water partition coefficient (Wildman–Crippen LogP) is 21.8. The largest absolute Gasteiger partial charge is 0.514 e. The summed E-state index contributed by atoms with van der Waals surface area (Å²) in [7, 11) is 13.2. The number of carbonyl (C=O) groups excluding carboxylic acids is 14. The SMILES string of the molecule is Br.CC1=CC[C@@H]([C@@H](C)/C=C(C)/C=C\C=C/C(=O)N[C@H](C(=O)C/C=C\C[C@H](C/C=C(\C)Cl)OC(=O)Oc2ccc([N+](=O)[O-])cc2)C(C)(C)C)OC1=O.CCCCN.CCCCNC(=O)CCSSC.CSSCCC(=O)NCCCN.CSSCCC(=O)NCCCNC(=O)O[C@H](C/C=C\CC(=O)[C@@H](NC(=O)\C=C/C=C\C(C)=C\[C@H](C)[C@@H]1CC=C(C)C(=O)O1)C(C)(C)C)C/C=C(\C)Cl.CSSCCC(=O)ON1C(=O)CCC1=O. The third kappa shape index (κ3) is 76.3. The van der Waals surface area contributed by atoms with Gasteiger partial charge in [0.25, 0.3) is 17.5 Å². The molecule has 0 saturated carbocycles. The van der Waals surface area contributed by atoms with Crippen LogP contribution in [0.25, 0.3) is 0 Å². The first kappa shape index (κ1) is 143. The number of hydrogen-bond acceptors (Lipinski definition) is 32. The summed E-state index contributed by atoms with van der Waals surface area (Å²) in [5, 5.41) is 29.4. The number of cyclic esters (lactones) is 2. The van der Waals surface area contributed by atoms with Crippen LogP contribution in [0.4, 0.5) is 15.3 Å². The van der Waals surface area contributed by atoms with Crippen LogP contribution in [0.5, 0.6) is 5.75 Å². The molecule has 43 heteroatoms. The Morgan fingerprint density at radius 3 is 1.27 bits per heavy atom. The molecule has 8 atom stereocenters. The third-order valence-electron chi connectivity index (χ3n) is 20.3. The van der Waals surface area contributed by atoms with Crippen molar-refractivity contribution in [3.63, 3.8) is 0 Å². The Hall–Kier alpha value is -7.94. The Morgan fingerprint density at radius 2 is 0.905 bits per heavy atom. The average Bonchev–Trinajstić information content (AvgIpc) is 1.64. The van der Waals surface area contributed by atoms with Gasteiger partial charge in [0.1, 0.15) is 30.2 Å². The molecule has 3 aliphatic rings. The molecule has 0 radical (unpaired) electrons. The average molecular weight is 2310 g/mol. The van der Waals surface area contributed by atoms with Crippen LogP contribution in [-0.4, -0.2) is 217 Å². The Bertz CT molecular complexity index is 4480. The Labute approximate surface area is 924 Å². The number of hydroxylamine groups is 2. The highest BCUT2D eigenvalue weighted by Gasteiger charge is 2.35. The van der Waals surface area contributed by atoms with Crippen LogP contribution in [0.2, 0.25) is 0 Å². The zero-order valence-corrected chi connectivity index (χ0v) is 98.8. The van der Waals surface area contributed by atoms with E-state index in [4.69, 9.17) is 58.4 Å². The van der Waals surface area contributed by atoms with Gasteiger partial charge in [0.2, 0.25) is 29.5 Å². The highest BCUT2D eigenvalue weighted by atomic mass is 79.9. The van der Waals surface area contributed by atoms with Gasteiger partial charge >= 0.3 is 30.2 Å². The maximum absolute atomic E-state index is 13.2. The number of non-ortho nitro benzene ring substituents is 1. The van der Waals surface area contributed by atoms with Crippen LogP contribution in [0.3, 0.4) is 0 Å². The number of nitrogens with zero attached hydrogens (tertiary/aromatic N) is 2. The van der Waals surface area contributed by atoms with Crippen LogP contribution < -0.4 is 48.1 Å². The number of halogens is 3. The van der Waals surface area contributed by atoms with Crippen molar-refractivity contribution in [1.82, 2.24) is 37.0 Å². The summed E-state index contributed by atoms with van der Waals surface area (Å²) in [5.74, 6) is 0.455. The predicted molar refractivity (Wildman–Crippen MR) is 615 cm³/mol. The topological polar surface area (TPSA) is 465 Å². The van der Waals surface area contributed by atoms with Crippen molar-refractivity contribution in [2.75, 3.05) is 87.3 Å². The fraction of sp³-hybridized carbons (Fsp3) is 0.577. The lowest BCUT2D eigenvalue weighted by atomic mass is 9.83. The van der Waals surface area contributed by atoms with Gasteiger partial charge in [0, 0.05) is 190 Å². The van der Waals surface area contributed by atoms with Crippen LogP contribution in [0.15, 0.2) is 166 Å². The van der Waals surface area contributed by atoms with Gasteiger partial charge in [-0.15, -0.1) is 22.0 Å². The number of alkyl carbamates (subject to hydrolysis) is 1. The number of ether oxygens (including phenoxy) is 5. The number of rotatable bonds is 59. The number of hydrogen-bond donors (Lipinski definition) is 8. The molecular weight excluding hydrogens is 2150 g/mol. The minimum Gasteiger partial charge on any atom is -0.458 e. The van der Waals surface area contributed by atoms with Crippen molar-refractivity contribution in [1.29, 1.82) is 0 Å². The molecule has 0 unspecified atom stereocenters. The second-order valence-corrected chi connectivity index (χ2v) is 47.3. The molecule has 828 valence electrons. The summed E-state index contributed by atoms with van der Waals surface area (Å²) < 4.78 is 27.1. The van der Waals surface area contributed by atoms with Crippen LogP contribution in [0, 0.1) is 32.8 Å². The lowest BCUT2D eigenvalue weighted by Crippen LogP contribution is -2.48. The number of imide groups is 1. The quantitative estimate of drug-likeness (QED) is 0.00257. The van der Waals surface area contributed by atoms with E-state index in [1.54, 1.807) is 164 Å². The van der Waals surface area contributed by atoms with Crippen molar-refractivity contribution in [2.45, 2.75) is 276 Å². The summed E-state index contributed by atoms with van der Waals surface area (Å²) in [6.07, 6.45) is 47.0. The van der Waals surface area contributed by atoms with E-state index in [1.807, 2.05) is 131 Å². The molecule has 3 heterocycles. The Balaban J connectivity index is -0.00000198. The number of amides is 8. The first-order valence-corrected chi connectivity index (χ1v) is 60.2. The van der Waals surface area contributed by atoms with Crippen LogP contribution in [-0.2, 0) is 81.3 Å². The van der Waals surface area contributed by atoms with E-state index in [-0.39, 0.29) is 145 Å². The number of ketones is 2. The minimum absolute atomic E-state index is 0. The number of benzene rings is 1. The van der Waals surface area contributed by atoms with Gasteiger partial charge in [-0.2, -0.15) is 0 Å². The molecule has 0 aliphatic carbocycles. The van der Waals surface area contributed by atoms with Gasteiger partial charge in [-0.1, -0.05) is 300 Å². The van der Waals surface area contributed by atoms with E-state index in [2.05, 4.69) is 50.6 Å². The number of nitro benzene ring substituents is 1. The standard InChI is InChI=1S/C39H58ClN3O7S2.C38H47ClN2O9.C8H11NO4S2.C8H17NOS2.C7H16N2OS2.C4H11N.BrH/c1-27(26-29(3)33-21-18-28(2)37(47)50-33)14-9-12-17-35(46)43-36(39(5,6)7)32(44)16-11-10-15-31(20-19-30(4)40)49-38(48)42-24-13-23-41-34(45)22-25-52-51-8;1-25(24-27(3)33-23-16-26(2)36(44)50-33)12-8-11-15-34(43)40-35(38(5,6)7)32(42)14-10-9-13-30(20-17-28(4)39)48-37(45)49-31-21-18-29(19-22-31)41(46)47;1-14-15-5-4-8(12)13-9-6(10)2-3-7(9)11;1-3-4-6-9-8(10)5-7-12-11-2;1-11-12-6-3-7(10)9-5-2-4-8;1-2-3-4-5;/h9-12,14,17-19,26,29,31,33,36H,13,15-16,20-25H2,1-8H3,(H,41,45)(H,42,48)(H,43,46);8-12,15-19,21-22,24,27,30,33,35H,13-14,20,23H2,1-7H3,(H,40,43);2-5H2,1H3;3-7H2,1-2H3,(H,9,10);2-6,8H2,1H3,(H,9,10);2-5H2,1H3;1H/b11-10-,14-9-,17-12-,27-26+,30-19+;10-9-,12-8-,15-11-,25-24+,28-17+;;;;;/t29-,31+,33-,36+;27-,30+,33-,35+;;;;;/m00...../s1. The molecule has 3 aliphatic heterocycles. The molecule has 1 aromatic carbocycles. The smallest absolute Gasteiger partial charge is 0.458 e. The van der Waals surface area contributed by atoms with Crippen LogP contribution in [0.1, 0.15) is 239 Å². The van der Waals surface area contributed by atoms with E-state index in [9.17, 15) is 77.2 Å². The summed E-state index contributed by atoms with van der Waals surface area (Å²) >= 11 is 12.0. The zero-order valence-electron chi connectivity index (χ0n) is 89.0. The van der Waals surface area contributed by atoms with Crippen molar-refractivity contribution in [2.24, 2.45) is 34.1 Å². The summed E-state index contributed by atoms with van der Waals surface area (Å²) in [6.45, 7) is 34.1. The van der Waals surface area contributed by atoms with E-state index < -0.39 is 76.0 Å². The number of nitro groups is 1. The first-order valence-electron chi connectivity index (χ1n) is 48.6. The van der Waals surface area contributed by atoms with Gasteiger partial charge in [-0.05, 0) is 128 Å². The molecular formula is C104H161BrCl2N10O22S8. The van der Waals surface area contributed by atoms with Gasteiger partial charge in [-0.25, -0.2) is 24.0 Å². The third-order valence-corrected chi connectivity index (χ3v) is 27.9. The van der Waals surface area contributed by atoms with Crippen molar-refractivity contribution in [3.05, 3.63) is 176 Å². The van der Waals surface area contributed by atoms with E-state index >= 15 is 0 Å². The van der Waals surface area contributed by atoms with Gasteiger partial charge < -0.3 is 71.9 Å². The first-order chi connectivity index (χ1) is 69.2. The zero-order chi connectivity index (χ0) is 110. The highest BCUT2D eigenvalue weighted by Crippen LogP contribution is 2.29. The lowest BCUT2D eigenvalue weighted by molar-refractivity contribution is -0.384. The van der Waals surface area contributed by atoms with Crippen molar-refractivity contribution in [3.8, 4) is 5.75 Å². The molecule has 0 aromatic heterocycles. The second-order valence-electron chi connectivity index (χ2n) is 35.4. The molecule has 1 fully saturated rings. The minimum atomic E-state index is -0.993. The summed E-state index contributed by atoms with van der Waals surface area (Å²) in [4.78, 5) is 183. The molecule has 8 amide bonds. The van der Waals surface area contributed by atoms with Crippen molar-refractivity contribution >= 4 is 215 Å². The molecule has 1 aromatic rings. The maximum atomic E-state index is 13.2. The maximum Gasteiger partial charge on any atom is 0.514 e. The number of nitrogens with one attached hydrogen (secondary N) is 6. The van der Waals surface area contributed by atoms with Gasteiger partial charge in [0.05, 0.1) is 23.4 Å². The molecule has 147 heavy (non-hydrogen) atoms. The Morgan fingerprint density at radius 1 is 0.531 bits per heavy atom. The number of esters is 2. The summed E-state index contributed by atoms with van der Waals surface area (Å²) in [5.41, 5.74) is 12.3. The van der Waals surface area contributed by atoms with Crippen molar-refractivity contribution < 1.29 is 101 Å². The molecule has 0 spiro atoms. The van der Waals surface area contributed by atoms with Gasteiger partial charge in [0.15, 0.2) is 11.6 Å². The molecule has 0 bridgehead atoms. The summed E-state index contributed by atoms with van der Waals surface area (Å²) in [6, 6.07) is 3.51. The lowest BCUT2D eigenvalue weighted by Gasteiger charge is -2.29. The van der Waals surface area contributed by atoms with Gasteiger partial charge in [-0.3, -0.25) is 53.3 Å². The normalized spacial score (nSPS) is 15.7. The molecule has 10 N–H and O–H groups in total. The fourth-order valence-corrected chi connectivity index (χ4v) is 17.2. The second kappa shape index (κ2) is 87.6.